The second kappa shape index (κ2) is 12.3. The molecule has 1 aromatic heterocycles. The quantitative estimate of drug-likeness (QED) is 0.218. The number of hydrogen-bond acceptors (Lipinski definition) is 9. The number of benzene rings is 1. The molecule has 14 heteroatoms. The number of aromatic amines is 1. The van der Waals surface area contributed by atoms with Crippen molar-refractivity contribution < 1.29 is 33.0 Å². The third-order valence-electron chi connectivity index (χ3n) is 5.70. The van der Waals surface area contributed by atoms with E-state index in [0.717, 1.165) is 10.6 Å². The first-order valence-corrected chi connectivity index (χ1v) is 14.5. The number of nitrogens with zero attached hydrogens (tertiary/aromatic N) is 1. The van der Waals surface area contributed by atoms with Crippen LogP contribution in [-0.4, -0.2) is 55.5 Å². The minimum atomic E-state index is -4.00. The van der Waals surface area contributed by atoms with Gasteiger partial charge in [0.25, 0.3) is 5.56 Å². The lowest BCUT2D eigenvalue weighted by Crippen LogP contribution is -2.40. The maximum Gasteiger partial charge on any atom is 0.380 e. The Hall–Kier alpha value is -1.95. The summed E-state index contributed by atoms with van der Waals surface area (Å²) in [5, 5.41) is 10.8. The molecule has 1 aromatic carbocycles. The largest absolute Gasteiger partial charge is 0.462 e. The van der Waals surface area contributed by atoms with E-state index in [9.17, 15) is 24.1 Å². The second-order valence-corrected chi connectivity index (χ2v) is 13.1. The van der Waals surface area contributed by atoms with Crippen LogP contribution in [0.4, 0.5) is 0 Å². The summed E-state index contributed by atoms with van der Waals surface area (Å²) < 4.78 is 35.6. The molecule has 7 atom stereocenters. The first kappa shape index (κ1) is 29.6. The summed E-state index contributed by atoms with van der Waals surface area (Å²) in [5.41, 5.74) is -1.42. The highest BCUT2D eigenvalue weighted by molar-refractivity contribution is 9.10. The van der Waals surface area contributed by atoms with Crippen LogP contribution in [0.1, 0.15) is 33.4 Å². The van der Waals surface area contributed by atoms with E-state index in [1.165, 1.54) is 6.20 Å². The molecule has 2 heterocycles. The Morgan fingerprint density at radius 3 is 2.59 bits per heavy atom. The van der Waals surface area contributed by atoms with Crippen molar-refractivity contribution in [1.82, 2.24) is 9.55 Å². The zero-order valence-corrected chi connectivity index (χ0v) is 23.6. The van der Waals surface area contributed by atoms with Crippen LogP contribution in [0.5, 0.6) is 5.75 Å². The Labute approximate surface area is 226 Å². The molecule has 2 unspecified atom stereocenters. The molecule has 1 saturated heterocycles. The lowest BCUT2D eigenvalue weighted by molar-refractivity contribution is -0.152. The van der Waals surface area contributed by atoms with E-state index in [0.29, 0.717) is 6.42 Å². The highest BCUT2D eigenvalue weighted by Crippen LogP contribution is 2.52. The minimum Gasteiger partial charge on any atom is -0.462 e. The molecule has 0 saturated carbocycles. The van der Waals surface area contributed by atoms with E-state index in [4.69, 9.17) is 30.1 Å². The topological polar surface area (TPSA) is 146 Å². The summed E-state index contributed by atoms with van der Waals surface area (Å²) in [5.74, 6) is -1.12. The summed E-state index contributed by atoms with van der Waals surface area (Å²) in [6.07, 6.45) is -2.66. The number of carbonyl (C=O) groups is 1. The molecule has 2 N–H and O–H groups in total. The zero-order valence-electron chi connectivity index (χ0n) is 20.4. The van der Waals surface area contributed by atoms with Crippen molar-refractivity contribution in [3.05, 3.63) is 63.4 Å². The van der Waals surface area contributed by atoms with Crippen molar-refractivity contribution in [2.24, 2.45) is 5.92 Å². The van der Waals surface area contributed by atoms with Gasteiger partial charge in [0.1, 0.15) is 18.0 Å². The van der Waals surface area contributed by atoms with Crippen molar-refractivity contribution in [3.63, 3.8) is 0 Å². The summed E-state index contributed by atoms with van der Waals surface area (Å²) in [6, 6.07) is 9.39. The average molecular weight is 624 g/mol. The first-order valence-electron chi connectivity index (χ1n) is 11.6. The molecule has 1 aliphatic heterocycles. The van der Waals surface area contributed by atoms with Gasteiger partial charge in [-0.2, -0.15) is 0 Å². The fraction of sp³-hybridized carbons (Fsp3) is 0.522. The smallest absolute Gasteiger partial charge is 0.380 e. The van der Waals surface area contributed by atoms with Crippen molar-refractivity contribution in [1.29, 1.82) is 0 Å². The number of carbonyl (C=O) groups excluding carboxylic acids is 1. The number of aliphatic hydroxyl groups is 1. The standard InChI is InChI=1S/C23H29BrClN2O9P/c1-4-15(3)34-20(30)14(2)13-37(32,36-16-8-6-5-7-9-16)33-12-17-19(29)23(24,25)21(35-17)27-11-10-18(28)26-22(27)31/h5-11,14-15,17,19,21,29H,4,12-13H2,1-3H3,(H,26,28,31)/t14-,15?,17-,19-,21-,23+,37?/m1/s1. The number of alkyl halides is 2. The maximum absolute atomic E-state index is 13.8. The summed E-state index contributed by atoms with van der Waals surface area (Å²) >= 11 is 9.65. The van der Waals surface area contributed by atoms with Crippen LogP contribution in [0.15, 0.2) is 52.2 Å². The van der Waals surface area contributed by atoms with Gasteiger partial charge in [-0.1, -0.05) is 59.6 Å². The van der Waals surface area contributed by atoms with Crippen molar-refractivity contribution >= 4 is 41.1 Å². The van der Waals surface area contributed by atoms with Crippen LogP contribution in [0.2, 0.25) is 0 Å². The molecular formula is C23H29BrClN2O9P. The lowest BCUT2D eigenvalue weighted by Gasteiger charge is -2.25. The lowest BCUT2D eigenvalue weighted by atomic mass is 10.2. The zero-order chi connectivity index (χ0) is 27.4. The van der Waals surface area contributed by atoms with Gasteiger partial charge in [-0.05, 0) is 25.5 Å². The van der Waals surface area contributed by atoms with Gasteiger partial charge in [-0.15, -0.1) is 0 Å². The van der Waals surface area contributed by atoms with Gasteiger partial charge in [0.2, 0.25) is 0 Å². The monoisotopic (exact) mass is 622 g/mol. The van der Waals surface area contributed by atoms with E-state index in [1.807, 2.05) is 6.92 Å². The Morgan fingerprint density at radius 2 is 1.97 bits per heavy atom. The van der Waals surface area contributed by atoms with Crippen LogP contribution in [0, 0.1) is 5.92 Å². The van der Waals surface area contributed by atoms with Gasteiger partial charge in [0, 0.05) is 12.3 Å². The molecule has 0 bridgehead atoms. The Morgan fingerprint density at radius 1 is 1.30 bits per heavy atom. The number of aliphatic hydroxyl groups excluding tert-OH is 1. The van der Waals surface area contributed by atoms with Crippen LogP contribution in [0.3, 0.4) is 0 Å². The minimum absolute atomic E-state index is 0.256. The van der Waals surface area contributed by atoms with Gasteiger partial charge >= 0.3 is 19.3 Å². The number of H-pyrrole nitrogens is 1. The molecule has 1 aliphatic rings. The molecule has 1 fully saturated rings. The van der Waals surface area contributed by atoms with Crippen molar-refractivity contribution in [2.75, 3.05) is 12.8 Å². The molecule has 37 heavy (non-hydrogen) atoms. The number of halogens is 2. The highest BCUT2D eigenvalue weighted by atomic mass is 79.9. The number of rotatable bonds is 11. The number of aromatic nitrogens is 2. The van der Waals surface area contributed by atoms with Crippen molar-refractivity contribution in [2.45, 2.75) is 55.5 Å². The molecule has 0 aliphatic carbocycles. The molecule has 2 aromatic rings. The molecule has 0 amide bonds. The molecule has 11 nitrogen and oxygen atoms in total. The fourth-order valence-electron chi connectivity index (χ4n) is 3.47. The van der Waals surface area contributed by atoms with Crippen LogP contribution < -0.4 is 15.8 Å². The van der Waals surface area contributed by atoms with E-state index in [1.54, 1.807) is 44.2 Å². The average Bonchev–Trinajstić information content (AvgIpc) is 3.06. The third-order valence-corrected chi connectivity index (χ3v) is 9.00. The van der Waals surface area contributed by atoms with Gasteiger partial charge in [-0.3, -0.25) is 23.7 Å². The van der Waals surface area contributed by atoms with E-state index < -0.39 is 59.6 Å². The van der Waals surface area contributed by atoms with Gasteiger partial charge < -0.3 is 19.1 Å². The number of para-hydroxylation sites is 1. The number of nitrogens with one attached hydrogen (secondary N) is 1. The number of ether oxygens (including phenoxy) is 2. The predicted octanol–water partition coefficient (Wildman–Crippen LogP) is 3.39. The molecule has 0 radical (unpaired) electrons. The first-order chi connectivity index (χ1) is 17.4. The highest BCUT2D eigenvalue weighted by Gasteiger charge is 2.55. The fourth-order valence-corrected chi connectivity index (χ4v) is 6.26. The summed E-state index contributed by atoms with van der Waals surface area (Å²) in [7, 11) is -4.00. The Bertz CT molecular complexity index is 1240. The Kier molecular flexibility index (Phi) is 9.82. The molecular weight excluding hydrogens is 595 g/mol. The Balaban J connectivity index is 1.79. The maximum atomic E-state index is 13.8. The normalized spacial score (nSPS) is 26.7. The van der Waals surface area contributed by atoms with Crippen molar-refractivity contribution in [3.8, 4) is 5.75 Å². The predicted molar refractivity (Wildman–Crippen MR) is 139 cm³/mol. The molecule has 0 spiro atoms. The molecule has 3 rings (SSSR count). The van der Waals surface area contributed by atoms with Crippen LogP contribution >= 0.6 is 35.1 Å². The van der Waals surface area contributed by atoms with Gasteiger partial charge in [0.15, 0.2) is 10.0 Å². The number of esters is 1. The molecule has 204 valence electrons. The van der Waals surface area contributed by atoms with E-state index >= 15 is 0 Å². The van der Waals surface area contributed by atoms with Crippen LogP contribution in [0.25, 0.3) is 0 Å². The SMILES string of the molecule is CCC(C)OC(=O)[C@H](C)CP(=O)(OC[C@H]1O[C@@H](n2ccc(=O)[nH]c2=O)[C@](Cl)(Br)[C@@H]1O)Oc1ccccc1. The van der Waals surface area contributed by atoms with E-state index in [2.05, 4.69) is 20.9 Å². The third kappa shape index (κ3) is 7.34. The summed E-state index contributed by atoms with van der Waals surface area (Å²) in [4.78, 5) is 38.3. The number of hydrogen-bond donors (Lipinski definition) is 2. The van der Waals surface area contributed by atoms with Crippen LogP contribution in [-0.2, 0) is 23.4 Å². The van der Waals surface area contributed by atoms with Gasteiger partial charge in [-0.25, -0.2) is 9.36 Å². The summed E-state index contributed by atoms with van der Waals surface area (Å²) in [6.45, 7) is 4.73. The second-order valence-electron chi connectivity index (χ2n) is 8.71. The van der Waals surface area contributed by atoms with E-state index in [-0.39, 0.29) is 18.0 Å². The van der Waals surface area contributed by atoms with Gasteiger partial charge in [0.05, 0.1) is 24.8 Å².